The van der Waals surface area contributed by atoms with Gasteiger partial charge in [0.15, 0.2) is 5.96 Å². The summed E-state index contributed by atoms with van der Waals surface area (Å²) in [5, 5.41) is 2.76. The zero-order valence-corrected chi connectivity index (χ0v) is 10.4. The molecule has 19 heavy (non-hydrogen) atoms. The summed E-state index contributed by atoms with van der Waals surface area (Å²) in [4.78, 5) is 20.7. The van der Waals surface area contributed by atoms with Crippen molar-refractivity contribution in [3.63, 3.8) is 0 Å². The minimum atomic E-state index is -0.147. The maximum absolute atomic E-state index is 11.5. The average Bonchev–Trinajstić information content (AvgIpc) is 2.30. The van der Waals surface area contributed by atoms with Gasteiger partial charge in [0.25, 0.3) is 0 Å². The lowest BCUT2D eigenvalue weighted by Crippen LogP contribution is -2.35. The molecule has 1 aliphatic rings. The molecule has 8 nitrogen and oxygen atoms in total. The van der Waals surface area contributed by atoms with E-state index < -0.39 is 0 Å². The molecule has 1 aromatic rings. The third-order valence-electron chi connectivity index (χ3n) is 2.57. The summed E-state index contributed by atoms with van der Waals surface area (Å²) in [5.41, 5.74) is 18.3. The first-order valence-corrected chi connectivity index (χ1v) is 5.54. The van der Waals surface area contributed by atoms with Crippen LogP contribution in [0.25, 0.3) is 0 Å². The molecule has 0 unspecified atom stereocenters. The third kappa shape index (κ3) is 2.92. The van der Waals surface area contributed by atoms with Gasteiger partial charge < -0.3 is 27.4 Å². The maximum atomic E-state index is 11.5. The summed E-state index contributed by atoms with van der Waals surface area (Å²) in [6.07, 6.45) is 0. The fraction of sp³-hybridized carbons (Fsp3) is 0.182. The van der Waals surface area contributed by atoms with Crippen LogP contribution in [-0.2, 0) is 6.54 Å². The Balaban J connectivity index is 2.29. The number of fused-ring (bicyclic) bond motifs is 1. The molecular weight excluding hydrogens is 246 g/mol. The van der Waals surface area contributed by atoms with Gasteiger partial charge in [0.05, 0.1) is 5.69 Å². The monoisotopic (exact) mass is 261 g/mol. The fourth-order valence-corrected chi connectivity index (χ4v) is 1.73. The van der Waals surface area contributed by atoms with Crippen molar-refractivity contribution >= 4 is 29.3 Å². The molecule has 7 N–H and O–H groups in total. The summed E-state index contributed by atoms with van der Waals surface area (Å²) in [5.74, 6) is -0.167. The third-order valence-corrected chi connectivity index (χ3v) is 2.57. The molecule has 0 bridgehead atoms. The van der Waals surface area contributed by atoms with Gasteiger partial charge in [0.2, 0.25) is 5.96 Å². The second kappa shape index (κ2) is 4.84. The topological polar surface area (TPSA) is 135 Å². The Labute approximate surface area is 110 Å². The highest BCUT2D eigenvalue weighted by Gasteiger charge is 2.19. The van der Waals surface area contributed by atoms with Crippen LogP contribution in [0.5, 0.6) is 0 Å². The van der Waals surface area contributed by atoms with Crippen LogP contribution in [0, 0.1) is 0 Å². The highest BCUT2D eigenvalue weighted by Crippen LogP contribution is 2.26. The number of aliphatic imine (C=N–C) groups is 2. The lowest BCUT2D eigenvalue weighted by atomic mass is 10.1. The Morgan fingerprint density at radius 3 is 2.79 bits per heavy atom. The number of nitrogens with zero attached hydrogens (tertiary/aromatic N) is 3. The molecule has 1 heterocycles. The first kappa shape index (κ1) is 12.7. The molecule has 0 aliphatic carbocycles. The minimum absolute atomic E-state index is 0.0202. The minimum Gasteiger partial charge on any atom is -0.370 e. The molecule has 0 spiro atoms. The number of guanidine groups is 2. The summed E-state index contributed by atoms with van der Waals surface area (Å²) >= 11 is 0. The highest BCUT2D eigenvalue weighted by molar-refractivity contribution is 5.94. The van der Waals surface area contributed by atoms with Crippen molar-refractivity contribution in [1.29, 1.82) is 0 Å². The standard InChI is InChI=1S/C11H15N7O/c1-18-5-6-4-7(15-10(14)17-9(12)13)2-3-8(6)16-11(18)19/h2-4H,5H2,1H3,(H,16,19)(H6,12,13,14,15,17). The van der Waals surface area contributed by atoms with Crippen molar-refractivity contribution in [2.45, 2.75) is 6.54 Å². The molecule has 0 saturated heterocycles. The number of carbonyl (C=O) groups is 1. The molecule has 0 atom stereocenters. The van der Waals surface area contributed by atoms with Gasteiger partial charge in [0.1, 0.15) is 0 Å². The number of urea groups is 1. The molecule has 8 heteroatoms. The van der Waals surface area contributed by atoms with Crippen molar-refractivity contribution in [3.8, 4) is 0 Å². The van der Waals surface area contributed by atoms with E-state index in [-0.39, 0.29) is 18.0 Å². The van der Waals surface area contributed by atoms with Gasteiger partial charge in [-0.1, -0.05) is 0 Å². The van der Waals surface area contributed by atoms with Crippen molar-refractivity contribution in [1.82, 2.24) is 4.90 Å². The van der Waals surface area contributed by atoms with Crippen LogP contribution in [0.15, 0.2) is 28.2 Å². The van der Waals surface area contributed by atoms with E-state index in [1.165, 1.54) is 0 Å². The van der Waals surface area contributed by atoms with Crippen LogP contribution in [0.3, 0.4) is 0 Å². The molecule has 0 aromatic heterocycles. The average molecular weight is 261 g/mol. The van der Waals surface area contributed by atoms with Crippen molar-refractivity contribution < 1.29 is 4.79 Å². The van der Waals surface area contributed by atoms with E-state index in [1.54, 1.807) is 24.1 Å². The molecular formula is C11H15N7O. The first-order chi connectivity index (χ1) is 8.95. The van der Waals surface area contributed by atoms with Gasteiger partial charge >= 0.3 is 6.03 Å². The molecule has 0 fully saturated rings. The zero-order valence-electron chi connectivity index (χ0n) is 10.4. The van der Waals surface area contributed by atoms with E-state index >= 15 is 0 Å². The van der Waals surface area contributed by atoms with Crippen LogP contribution in [0.4, 0.5) is 16.2 Å². The van der Waals surface area contributed by atoms with Gasteiger partial charge in [-0.15, -0.1) is 0 Å². The Bertz CT molecular complexity index is 574. The van der Waals surface area contributed by atoms with Crippen LogP contribution in [0.1, 0.15) is 5.56 Å². The number of nitrogens with one attached hydrogen (secondary N) is 1. The smallest absolute Gasteiger partial charge is 0.321 e. The quantitative estimate of drug-likeness (QED) is 0.414. The lowest BCUT2D eigenvalue weighted by Gasteiger charge is -2.25. The van der Waals surface area contributed by atoms with Crippen molar-refractivity contribution in [3.05, 3.63) is 23.8 Å². The lowest BCUT2D eigenvalue weighted by molar-refractivity contribution is 0.218. The number of nitrogens with two attached hydrogens (primary N) is 3. The Morgan fingerprint density at radius 2 is 2.11 bits per heavy atom. The number of benzene rings is 1. The number of amides is 2. The van der Waals surface area contributed by atoms with Crippen LogP contribution in [-0.4, -0.2) is 29.9 Å². The largest absolute Gasteiger partial charge is 0.370 e. The van der Waals surface area contributed by atoms with Crippen LogP contribution >= 0.6 is 0 Å². The Hall–Kier alpha value is -2.77. The van der Waals surface area contributed by atoms with Gasteiger partial charge in [-0.3, -0.25) is 0 Å². The van der Waals surface area contributed by atoms with Crippen LogP contribution < -0.4 is 22.5 Å². The fourth-order valence-electron chi connectivity index (χ4n) is 1.73. The van der Waals surface area contributed by atoms with Gasteiger partial charge in [-0.05, 0) is 23.8 Å². The summed E-state index contributed by atoms with van der Waals surface area (Å²) in [6.45, 7) is 0.507. The Morgan fingerprint density at radius 1 is 1.37 bits per heavy atom. The first-order valence-electron chi connectivity index (χ1n) is 5.54. The molecule has 100 valence electrons. The predicted molar refractivity (Wildman–Crippen MR) is 74.0 cm³/mol. The van der Waals surface area contributed by atoms with E-state index in [2.05, 4.69) is 15.3 Å². The number of carbonyl (C=O) groups excluding carboxylic acids is 1. The highest BCUT2D eigenvalue weighted by atomic mass is 16.2. The number of anilines is 1. The van der Waals surface area contributed by atoms with Crippen LogP contribution in [0.2, 0.25) is 0 Å². The molecule has 2 amide bonds. The van der Waals surface area contributed by atoms with Crippen molar-refractivity contribution in [2.24, 2.45) is 27.2 Å². The molecule has 2 rings (SSSR count). The van der Waals surface area contributed by atoms with E-state index in [4.69, 9.17) is 17.2 Å². The molecule has 0 radical (unpaired) electrons. The number of hydrogen-bond donors (Lipinski definition) is 4. The second-order valence-corrected chi connectivity index (χ2v) is 4.13. The van der Waals surface area contributed by atoms with Gasteiger partial charge in [-0.25, -0.2) is 9.79 Å². The Kier molecular flexibility index (Phi) is 3.23. The molecule has 0 saturated carbocycles. The second-order valence-electron chi connectivity index (χ2n) is 4.13. The number of hydrogen-bond acceptors (Lipinski definition) is 2. The maximum Gasteiger partial charge on any atom is 0.321 e. The van der Waals surface area contributed by atoms with Gasteiger partial charge in [-0.2, -0.15) is 4.99 Å². The van der Waals surface area contributed by atoms with E-state index in [0.29, 0.717) is 12.2 Å². The summed E-state index contributed by atoms with van der Waals surface area (Å²) < 4.78 is 0. The van der Waals surface area contributed by atoms with Crippen molar-refractivity contribution in [2.75, 3.05) is 12.4 Å². The van der Waals surface area contributed by atoms with E-state index in [0.717, 1.165) is 11.3 Å². The SMILES string of the molecule is CN1Cc2cc(N=C(N)N=C(N)N)ccc2NC1=O. The molecule has 1 aromatic carbocycles. The van der Waals surface area contributed by atoms with E-state index in [1.807, 2.05) is 6.07 Å². The normalized spacial score (nSPS) is 14.7. The zero-order chi connectivity index (χ0) is 14.0. The summed E-state index contributed by atoms with van der Waals surface area (Å²) in [7, 11) is 1.71. The number of rotatable bonds is 1. The van der Waals surface area contributed by atoms with E-state index in [9.17, 15) is 4.79 Å². The molecule has 1 aliphatic heterocycles. The summed E-state index contributed by atoms with van der Waals surface area (Å²) in [6, 6.07) is 5.17. The van der Waals surface area contributed by atoms with Gasteiger partial charge in [0, 0.05) is 19.3 Å². The predicted octanol–water partition coefficient (Wildman–Crippen LogP) is -0.116.